The van der Waals surface area contributed by atoms with Gasteiger partial charge in [-0.1, -0.05) is 39.8 Å². The Morgan fingerprint density at radius 3 is 2.35 bits per heavy atom. The van der Waals surface area contributed by atoms with Crippen LogP contribution in [0.2, 0.25) is 0 Å². The van der Waals surface area contributed by atoms with E-state index in [1.165, 1.54) is 0 Å². The van der Waals surface area contributed by atoms with Crippen LogP contribution in [-0.2, 0) is 6.42 Å². The monoisotopic (exact) mass is 317 g/mol. The van der Waals surface area contributed by atoms with Crippen LogP contribution in [0.3, 0.4) is 0 Å². The summed E-state index contributed by atoms with van der Waals surface area (Å²) in [6.45, 7) is 7.65. The minimum atomic E-state index is -1.23. The van der Waals surface area contributed by atoms with E-state index in [9.17, 15) is 19.8 Å². The van der Waals surface area contributed by atoms with Crippen molar-refractivity contribution in [2.24, 2.45) is 5.41 Å². The van der Waals surface area contributed by atoms with Crippen molar-refractivity contribution in [2.75, 3.05) is 6.61 Å². The Labute approximate surface area is 135 Å². The number of carboxylic acids is 1. The van der Waals surface area contributed by atoms with Crippen molar-refractivity contribution in [1.82, 2.24) is 4.57 Å². The zero-order valence-corrected chi connectivity index (χ0v) is 14.0. The van der Waals surface area contributed by atoms with Gasteiger partial charge >= 0.3 is 5.97 Å². The van der Waals surface area contributed by atoms with E-state index in [-0.39, 0.29) is 23.6 Å². The molecule has 23 heavy (non-hydrogen) atoms. The third-order valence-corrected chi connectivity index (χ3v) is 4.25. The molecule has 0 saturated carbocycles. The molecule has 124 valence electrons. The number of hydrogen-bond acceptors (Lipinski definition) is 3. The number of aliphatic hydroxyl groups excluding tert-OH is 1. The second-order valence-corrected chi connectivity index (χ2v) is 6.76. The van der Waals surface area contributed by atoms with Crippen molar-refractivity contribution in [1.29, 1.82) is 0 Å². The standard InChI is InChI=1S/C18H23NO4/c1-5-12-15(17(22)23)16(21)11-8-6-7-9-13(11)19(12)14(10-20)18(2,3)4/h6-9,14,20H,5,10H2,1-4H3,(H,22,23)/t14-/m1/s1. The minimum Gasteiger partial charge on any atom is -0.477 e. The second kappa shape index (κ2) is 6.16. The fraction of sp³-hybridized carbons (Fsp3) is 0.444. The number of para-hydroxylation sites is 1. The predicted molar refractivity (Wildman–Crippen MR) is 90.1 cm³/mol. The number of carboxylic acid groups (broad SMARTS) is 1. The van der Waals surface area contributed by atoms with Gasteiger partial charge in [-0.05, 0) is 24.0 Å². The smallest absolute Gasteiger partial charge is 0.341 e. The van der Waals surface area contributed by atoms with Gasteiger partial charge in [0, 0.05) is 11.1 Å². The van der Waals surface area contributed by atoms with Crippen molar-refractivity contribution in [3.63, 3.8) is 0 Å². The molecule has 0 unspecified atom stereocenters. The average Bonchev–Trinajstić information content (AvgIpc) is 2.48. The zero-order valence-electron chi connectivity index (χ0n) is 14.0. The molecule has 0 aliphatic carbocycles. The van der Waals surface area contributed by atoms with Gasteiger partial charge < -0.3 is 14.8 Å². The summed E-state index contributed by atoms with van der Waals surface area (Å²) in [6, 6.07) is 6.64. The van der Waals surface area contributed by atoms with Crippen LogP contribution in [0.25, 0.3) is 10.9 Å². The summed E-state index contributed by atoms with van der Waals surface area (Å²) in [5.41, 5.74) is 0.149. The highest BCUT2D eigenvalue weighted by Gasteiger charge is 2.30. The first kappa shape index (κ1) is 17.2. The molecule has 1 atom stereocenters. The van der Waals surface area contributed by atoms with E-state index in [1.54, 1.807) is 18.2 Å². The number of aliphatic hydroxyl groups is 1. The summed E-state index contributed by atoms with van der Waals surface area (Å²) < 4.78 is 1.83. The van der Waals surface area contributed by atoms with Crippen molar-refractivity contribution in [3.8, 4) is 0 Å². The maximum atomic E-state index is 12.6. The van der Waals surface area contributed by atoms with Crippen LogP contribution >= 0.6 is 0 Å². The molecule has 2 aromatic rings. The van der Waals surface area contributed by atoms with Crippen molar-refractivity contribution in [3.05, 3.63) is 45.7 Å². The Morgan fingerprint density at radius 2 is 1.87 bits per heavy atom. The van der Waals surface area contributed by atoms with Crippen LogP contribution in [0.4, 0.5) is 0 Å². The van der Waals surface area contributed by atoms with Gasteiger partial charge in [0.1, 0.15) is 5.56 Å². The van der Waals surface area contributed by atoms with Crippen LogP contribution in [0.5, 0.6) is 0 Å². The molecule has 1 aromatic carbocycles. The first-order chi connectivity index (χ1) is 10.7. The van der Waals surface area contributed by atoms with Gasteiger partial charge in [-0.15, -0.1) is 0 Å². The molecule has 0 bridgehead atoms. The Balaban J connectivity index is 3.05. The lowest BCUT2D eigenvalue weighted by Gasteiger charge is -2.35. The van der Waals surface area contributed by atoms with Gasteiger partial charge in [0.15, 0.2) is 0 Å². The Morgan fingerprint density at radius 1 is 1.26 bits per heavy atom. The van der Waals surface area contributed by atoms with E-state index in [2.05, 4.69) is 0 Å². The number of pyridine rings is 1. The SMILES string of the molecule is CCc1c(C(=O)O)c(=O)c2ccccc2n1[C@H](CO)C(C)(C)C. The first-order valence-electron chi connectivity index (χ1n) is 7.74. The number of nitrogens with zero attached hydrogens (tertiary/aromatic N) is 1. The van der Waals surface area contributed by atoms with Crippen molar-refractivity contribution >= 4 is 16.9 Å². The quantitative estimate of drug-likeness (QED) is 0.909. The molecule has 0 radical (unpaired) electrons. The Kier molecular flexibility index (Phi) is 4.61. The summed E-state index contributed by atoms with van der Waals surface area (Å²) in [5.74, 6) is -1.23. The number of aromatic nitrogens is 1. The lowest BCUT2D eigenvalue weighted by Crippen LogP contribution is -2.33. The molecule has 0 fully saturated rings. The van der Waals surface area contributed by atoms with Gasteiger partial charge in [0.2, 0.25) is 5.43 Å². The number of carbonyl (C=O) groups is 1. The third kappa shape index (κ3) is 2.88. The normalized spacial score (nSPS) is 13.3. The van der Waals surface area contributed by atoms with E-state index in [0.717, 1.165) is 0 Å². The molecule has 0 spiro atoms. The maximum absolute atomic E-state index is 12.6. The number of aromatic carboxylic acids is 1. The van der Waals surface area contributed by atoms with E-state index >= 15 is 0 Å². The molecule has 1 aromatic heterocycles. The van der Waals surface area contributed by atoms with Gasteiger partial charge in [-0.3, -0.25) is 4.79 Å². The summed E-state index contributed by atoms with van der Waals surface area (Å²) >= 11 is 0. The Bertz CT molecular complexity index is 799. The summed E-state index contributed by atoms with van der Waals surface area (Å²) in [6.07, 6.45) is 0.397. The molecule has 2 rings (SSSR count). The minimum absolute atomic E-state index is 0.136. The van der Waals surface area contributed by atoms with Gasteiger partial charge in [0.05, 0.1) is 18.2 Å². The maximum Gasteiger partial charge on any atom is 0.341 e. The van der Waals surface area contributed by atoms with E-state index in [4.69, 9.17) is 0 Å². The second-order valence-electron chi connectivity index (χ2n) is 6.76. The fourth-order valence-electron chi connectivity index (χ4n) is 3.07. The molecule has 5 heteroatoms. The third-order valence-electron chi connectivity index (χ3n) is 4.25. The van der Waals surface area contributed by atoms with Crippen LogP contribution in [0.15, 0.2) is 29.1 Å². The van der Waals surface area contributed by atoms with Crippen LogP contribution < -0.4 is 5.43 Å². The number of fused-ring (bicyclic) bond motifs is 1. The highest BCUT2D eigenvalue weighted by atomic mass is 16.4. The van der Waals surface area contributed by atoms with E-state index < -0.39 is 11.4 Å². The number of hydrogen-bond donors (Lipinski definition) is 2. The molecule has 1 heterocycles. The van der Waals surface area contributed by atoms with E-state index in [0.29, 0.717) is 23.0 Å². The summed E-state index contributed by atoms with van der Waals surface area (Å²) in [7, 11) is 0. The lowest BCUT2D eigenvalue weighted by atomic mass is 9.86. The summed E-state index contributed by atoms with van der Waals surface area (Å²) in [4.78, 5) is 24.3. The number of benzene rings is 1. The van der Waals surface area contributed by atoms with Crippen molar-refractivity contribution in [2.45, 2.75) is 40.2 Å². The van der Waals surface area contributed by atoms with Crippen molar-refractivity contribution < 1.29 is 15.0 Å². The molecule has 0 aliphatic heterocycles. The van der Waals surface area contributed by atoms with Crippen LogP contribution in [0.1, 0.15) is 49.8 Å². The molecule has 2 N–H and O–H groups in total. The average molecular weight is 317 g/mol. The first-order valence-corrected chi connectivity index (χ1v) is 7.74. The zero-order chi connectivity index (χ0) is 17.4. The molecule has 5 nitrogen and oxygen atoms in total. The Hall–Kier alpha value is -2.14. The molecule has 0 aliphatic rings. The summed E-state index contributed by atoms with van der Waals surface area (Å²) in [5, 5.41) is 19.9. The van der Waals surface area contributed by atoms with Crippen LogP contribution in [-0.4, -0.2) is 27.4 Å². The van der Waals surface area contributed by atoms with Gasteiger partial charge in [-0.25, -0.2) is 4.79 Å². The highest BCUT2D eigenvalue weighted by molar-refractivity contribution is 5.94. The predicted octanol–water partition coefficient (Wildman–Crippen LogP) is 2.84. The van der Waals surface area contributed by atoms with E-state index in [1.807, 2.05) is 38.3 Å². The molecule has 0 saturated heterocycles. The topological polar surface area (TPSA) is 79.5 Å². The lowest BCUT2D eigenvalue weighted by molar-refractivity contribution is 0.0690. The molecular formula is C18H23NO4. The highest BCUT2D eigenvalue weighted by Crippen LogP contribution is 2.34. The largest absolute Gasteiger partial charge is 0.477 e. The molecule has 0 amide bonds. The number of rotatable bonds is 4. The van der Waals surface area contributed by atoms with Gasteiger partial charge in [-0.2, -0.15) is 0 Å². The molecular weight excluding hydrogens is 294 g/mol. The van der Waals surface area contributed by atoms with Crippen LogP contribution in [0, 0.1) is 5.41 Å². The fourth-order valence-corrected chi connectivity index (χ4v) is 3.07. The van der Waals surface area contributed by atoms with Gasteiger partial charge in [0.25, 0.3) is 0 Å².